The van der Waals surface area contributed by atoms with Crippen LogP contribution in [0.15, 0.2) is 24.3 Å². The Balaban J connectivity index is 0.00000220. The fourth-order valence-corrected chi connectivity index (χ4v) is 2.58. The highest BCUT2D eigenvalue weighted by molar-refractivity contribution is 5.85. The van der Waals surface area contributed by atoms with Crippen molar-refractivity contribution in [1.29, 1.82) is 0 Å². The first-order valence-electron chi connectivity index (χ1n) is 7.22. The third kappa shape index (κ3) is 4.61. The lowest BCUT2D eigenvalue weighted by Crippen LogP contribution is -2.53. The number of ether oxygens (including phenoxy) is 1. The summed E-state index contributed by atoms with van der Waals surface area (Å²) in [5.41, 5.74) is 6.64. The van der Waals surface area contributed by atoms with E-state index in [9.17, 15) is 4.79 Å². The predicted octanol–water partition coefficient (Wildman–Crippen LogP) is 2.29. The van der Waals surface area contributed by atoms with Crippen molar-refractivity contribution in [2.24, 2.45) is 11.7 Å². The molecular formula is C16H25ClN2O2. The van der Waals surface area contributed by atoms with Gasteiger partial charge in [0.15, 0.2) is 0 Å². The van der Waals surface area contributed by atoms with Crippen LogP contribution in [0.1, 0.15) is 31.7 Å². The van der Waals surface area contributed by atoms with E-state index in [4.69, 9.17) is 10.5 Å². The summed E-state index contributed by atoms with van der Waals surface area (Å²) in [7, 11) is 1.65. The number of rotatable bonds is 7. The van der Waals surface area contributed by atoms with E-state index in [1.165, 1.54) is 12.8 Å². The first-order chi connectivity index (χ1) is 9.59. The number of aryl methyl sites for hydroxylation is 1. The molecule has 1 atom stereocenters. The molecule has 5 heteroatoms. The highest BCUT2D eigenvalue weighted by Crippen LogP contribution is 2.39. The van der Waals surface area contributed by atoms with Crippen molar-refractivity contribution in [1.82, 2.24) is 5.32 Å². The third-order valence-electron chi connectivity index (χ3n) is 4.14. The molecule has 1 saturated carbocycles. The summed E-state index contributed by atoms with van der Waals surface area (Å²) in [4.78, 5) is 12.1. The fraction of sp³-hybridized carbons (Fsp3) is 0.562. The maximum atomic E-state index is 12.1. The molecule has 0 spiro atoms. The Bertz CT molecular complexity index is 477. The number of benzene rings is 1. The second kappa shape index (κ2) is 7.66. The molecule has 1 aliphatic carbocycles. The molecule has 3 N–H and O–H groups in total. The Morgan fingerprint density at radius 1 is 1.43 bits per heavy atom. The van der Waals surface area contributed by atoms with Gasteiger partial charge in [-0.1, -0.05) is 18.2 Å². The van der Waals surface area contributed by atoms with Gasteiger partial charge in [0.25, 0.3) is 0 Å². The second-order valence-corrected chi connectivity index (χ2v) is 5.76. The molecule has 1 fully saturated rings. The Kier molecular flexibility index (Phi) is 6.49. The number of hydrogen-bond acceptors (Lipinski definition) is 3. The largest absolute Gasteiger partial charge is 0.496 e. The van der Waals surface area contributed by atoms with Crippen molar-refractivity contribution in [3.05, 3.63) is 29.8 Å². The number of para-hydroxylation sites is 1. The molecule has 0 heterocycles. The van der Waals surface area contributed by atoms with Gasteiger partial charge in [-0.15, -0.1) is 12.4 Å². The molecule has 1 amide bonds. The molecule has 4 nitrogen and oxygen atoms in total. The number of halogens is 1. The van der Waals surface area contributed by atoms with Gasteiger partial charge in [0.2, 0.25) is 5.91 Å². The zero-order chi connectivity index (χ0) is 14.6. The zero-order valence-corrected chi connectivity index (χ0v) is 13.5. The van der Waals surface area contributed by atoms with E-state index < -0.39 is 0 Å². The quantitative estimate of drug-likeness (QED) is 0.812. The first-order valence-corrected chi connectivity index (χ1v) is 7.22. The summed E-state index contributed by atoms with van der Waals surface area (Å²) in [5, 5.41) is 3.11. The van der Waals surface area contributed by atoms with Gasteiger partial charge in [0, 0.05) is 13.0 Å². The standard InChI is InChI=1S/C16H24N2O2.ClH/c1-16(11-17,13-8-9-13)18-15(19)10-7-12-5-3-4-6-14(12)20-2;/h3-6,13H,7-11,17H2,1-2H3,(H,18,19);1H. The SMILES string of the molecule is COc1ccccc1CCC(=O)NC(C)(CN)C1CC1.Cl. The lowest BCUT2D eigenvalue weighted by Gasteiger charge is -2.29. The minimum Gasteiger partial charge on any atom is -0.496 e. The van der Waals surface area contributed by atoms with Gasteiger partial charge in [-0.2, -0.15) is 0 Å². The lowest BCUT2D eigenvalue weighted by atomic mass is 9.95. The Labute approximate surface area is 132 Å². The summed E-state index contributed by atoms with van der Waals surface area (Å²) in [6.45, 7) is 2.55. The lowest BCUT2D eigenvalue weighted by molar-refractivity contribution is -0.123. The summed E-state index contributed by atoms with van der Waals surface area (Å²) < 4.78 is 5.30. The number of nitrogens with two attached hydrogens (primary N) is 1. The molecule has 1 aromatic rings. The van der Waals surface area contributed by atoms with Gasteiger partial charge < -0.3 is 15.8 Å². The maximum absolute atomic E-state index is 12.1. The summed E-state index contributed by atoms with van der Waals surface area (Å²) in [6.07, 6.45) is 3.48. The van der Waals surface area contributed by atoms with Crippen LogP contribution in [0, 0.1) is 5.92 Å². The highest BCUT2D eigenvalue weighted by Gasteiger charge is 2.41. The minimum atomic E-state index is -0.238. The first kappa shape index (κ1) is 17.8. The van der Waals surface area contributed by atoms with Crippen LogP contribution in [0.5, 0.6) is 5.75 Å². The van der Waals surface area contributed by atoms with E-state index in [0.29, 0.717) is 25.3 Å². The topological polar surface area (TPSA) is 64.3 Å². The van der Waals surface area contributed by atoms with Gasteiger partial charge in [0.05, 0.1) is 12.6 Å². The summed E-state index contributed by atoms with van der Waals surface area (Å²) in [5.74, 6) is 1.45. The number of amides is 1. The molecule has 1 aromatic carbocycles. The molecule has 0 saturated heterocycles. The molecule has 1 aliphatic rings. The molecule has 2 rings (SSSR count). The van der Waals surface area contributed by atoms with Gasteiger partial charge in [-0.25, -0.2) is 0 Å². The minimum absolute atomic E-state index is 0. The van der Waals surface area contributed by atoms with Gasteiger partial charge in [-0.3, -0.25) is 4.79 Å². The van der Waals surface area contributed by atoms with E-state index in [1.54, 1.807) is 7.11 Å². The summed E-state index contributed by atoms with van der Waals surface area (Å²) in [6, 6.07) is 7.81. The van der Waals surface area contributed by atoms with Crippen molar-refractivity contribution in [2.45, 2.75) is 38.1 Å². The average Bonchev–Trinajstić information content (AvgIpc) is 3.30. The molecule has 21 heavy (non-hydrogen) atoms. The predicted molar refractivity (Wildman–Crippen MR) is 86.9 cm³/mol. The van der Waals surface area contributed by atoms with Crippen LogP contribution in [0.2, 0.25) is 0 Å². The van der Waals surface area contributed by atoms with Gasteiger partial charge in [0.1, 0.15) is 5.75 Å². The number of carbonyl (C=O) groups is 1. The Morgan fingerprint density at radius 2 is 2.10 bits per heavy atom. The molecule has 1 unspecified atom stereocenters. The molecule has 0 bridgehead atoms. The van der Waals surface area contributed by atoms with Crippen molar-refractivity contribution < 1.29 is 9.53 Å². The van der Waals surface area contributed by atoms with Crippen molar-refractivity contribution in [3.8, 4) is 5.75 Å². The van der Waals surface area contributed by atoms with Crippen LogP contribution >= 0.6 is 12.4 Å². The van der Waals surface area contributed by atoms with E-state index in [1.807, 2.05) is 31.2 Å². The van der Waals surface area contributed by atoms with Crippen LogP contribution in [-0.2, 0) is 11.2 Å². The average molecular weight is 313 g/mol. The van der Waals surface area contributed by atoms with E-state index in [2.05, 4.69) is 5.32 Å². The molecule has 0 aromatic heterocycles. The van der Waals surface area contributed by atoms with Crippen LogP contribution in [0.4, 0.5) is 0 Å². The Morgan fingerprint density at radius 3 is 2.67 bits per heavy atom. The van der Waals surface area contributed by atoms with E-state index >= 15 is 0 Å². The summed E-state index contributed by atoms with van der Waals surface area (Å²) >= 11 is 0. The van der Waals surface area contributed by atoms with Crippen molar-refractivity contribution in [3.63, 3.8) is 0 Å². The van der Waals surface area contributed by atoms with Crippen molar-refractivity contribution >= 4 is 18.3 Å². The molecule has 0 radical (unpaired) electrons. The van der Waals surface area contributed by atoms with Crippen LogP contribution < -0.4 is 15.8 Å². The maximum Gasteiger partial charge on any atom is 0.220 e. The Hall–Kier alpha value is -1.26. The van der Waals surface area contributed by atoms with Crippen LogP contribution in [-0.4, -0.2) is 25.1 Å². The fourth-order valence-electron chi connectivity index (χ4n) is 2.58. The number of hydrogen-bond donors (Lipinski definition) is 2. The normalized spacial score (nSPS) is 16.5. The molecule has 118 valence electrons. The molecule has 0 aliphatic heterocycles. The van der Waals surface area contributed by atoms with Crippen molar-refractivity contribution in [2.75, 3.05) is 13.7 Å². The van der Waals surface area contributed by atoms with Crippen LogP contribution in [0.25, 0.3) is 0 Å². The van der Waals surface area contributed by atoms with Gasteiger partial charge in [-0.05, 0) is 43.7 Å². The zero-order valence-electron chi connectivity index (χ0n) is 12.7. The number of carbonyl (C=O) groups excluding carboxylic acids is 1. The van der Waals surface area contributed by atoms with Crippen LogP contribution in [0.3, 0.4) is 0 Å². The monoisotopic (exact) mass is 312 g/mol. The number of nitrogens with one attached hydrogen (secondary N) is 1. The smallest absolute Gasteiger partial charge is 0.220 e. The second-order valence-electron chi connectivity index (χ2n) is 5.76. The third-order valence-corrected chi connectivity index (χ3v) is 4.14. The van der Waals surface area contributed by atoms with Gasteiger partial charge >= 0.3 is 0 Å². The highest BCUT2D eigenvalue weighted by atomic mass is 35.5. The number of methoxy groups -OCH3 is 1. The van der Waals surface area contributed by atoms with E-state index in [0.717, 1.165) is 11.3 Å². The molecular weight excluding hydrogens is 288 g/mol. The van der Waals surface area contributed by atoms with E-state index in [-0.39, 0.29) is 23.9 Å².